The summed E-state index contributed by atoms with van der Waals surface area (Å²) in [6.45, 7) is 5.12. The number of nitrogens with zero attached hydrogens (tertiary/aromatic N) is 1. The number of benzene rings is 2. The smallest absolute Gasteiger partial charge is 0.411 e. The molecule has 0 bridgehead atoms. The number of ether oxygens (including phenoxy) is 3. The topological polar surface area (TPSA) is 82.1 Å². The minimum Gasteiger partial charge on any atom is -0.497 e. The number of amides is 1. The van der Waals surface area contributed by atoms with E-state index in [9.17, 15) is 14.4 Å². The van der Waals surface area contributed by atoms with E-state index in [2.05, 4.69) is 0 Å². The second-order valence-electron chi connectivity index (χ2n) is 8.01. The molecule has 1 unspecified atom stereocenters. The molecule has 7 nitrogen and oxygen atoms in total. The van der Waals surface area contributed by atoms with Crippen molar-refractivity contribution in [3.05, 3.63) is 59.7 Å². The summed E-state index contributed by atoms with van der Waals surface area (Å²) in [5, 5.41) is 0. The highest BCUT2D eigenvalue weighted by atomic mass is 32.2. The number of thioether (sulfide) groups is 1. The third kappa shape index (κ3) is 6.75. The summed E-state index contributed by atoms with van der Waals surface area (Å²) in [6, 6.07) is 13.2. The second kappa shape index (κ2) is 11.0. The number of esters is 1. The first kappa shape index (κ1) is 25.3. The zero-order valence-electron chi connectivity index (χ0n) is 19.2. The predicted octanol–water partition coefficient (Wildman–Crippen LogP) is 4.58. The molecule has 0 N–H and O–H groups in total. The van der Waals surface area contributed by atoms with Crippen molar-refractivity contribution in [3.8, 4) is 5.75 Å². The first-order valence-electron chi connectivity index (χ1n) is 10.00. The molecular formula is C24H29NO6S. The molecule has 2 aromatic carbocycles. The molecule has 172 valence electrons. The molecule has 8 heteroatoms. The highest BCUT2D eigenvalue weighted by Gasteiger charge is 2.38. The largest absolute Gasteiger partial charge is 0.497 e. The Morgan fingerprint density at radius 1 is 1.00 bits per heavy atom. The number of Topliss-reactive ketones (excluding diaryl/α,β-unsaturated/α-hetero) is 1. The molecule has 2 aromatic rings. The fraction of sp³-hybridized carbons (Fsp3) is 0.375. The molecule has 0 saturated carbocycles. The van der Waals surface area contributed by atoms with Gasteiger partial charge in [0, 0.05) is 23.3 Å². The average Bonchev–Trinajstić information content (AvgIpc) is 2.76. The molecule has 0 radical (unpaired) electrons. The van der Waals surface area contributed by atoms with Crippen LogP contribution in [0.15, 0.2) is 53.4 Å². The van der Waals surface area contributed by atoms with Crippen molar-refractivity contribution in [2.75, 3.05) is 21.3 Å². The van der Waals surface area contributed by atoms with Crippen LogP contribution in [0.2, 0.25) is 0 Å². The Morgan fingerprint density at radius 3 is 2.19 bits per heavy atom. The number of ketones is 1. The highest BCUT2D eigenvalue weighted by Crippen LogP contribution is 2.29. The van der Waals surface area contributed by atoms with Gasteiger partial charge in [0.2, 0.25) is 0 Å². The molecule has 0 saturated heterocycles. The van der Waals surface area contributed by atoms with Crippen LogP contribution in [-0.2, 0) is 20.0 Å². The van der Waals surface area contributed by atoms with Crippen molar-refractivity contribution in [2.45, 2.75) is 43.1 Å². The van der Waals surface area contributed by atoms with Crippen molar-refractivity contribution >= 4 is 29.6 Å². The quantitative estimate of drug-likeness (QED) is 0.247. The molecule has 0 aliphatic carbocycles. The SMILES string of the molecule is COC(=O)C(C(=O)c1ccccc1SCc1ccc(OC)cc1)N(C)C(=O)OC(C)(C)C. The molecule has 0 aliphatic heterocycles. The number of carbonyl (C=O) groups is 3. The van der Waals surface area contributed by atoms with Crippen LogP contribution in [0.25, 0.3) is 0 Å². The maximum absolute atomic E-state index is 13.4. The standard InChI is InChI=1S/C24H29NO6S/c1-24(2,3)31-23(28)25(4)20(22(27)30-6)21(26)18-9-7-8-10-19(18)32-15-16-11-13-17(29-5)14-12-16/h7-14,20H,15H2,1-6H3. The number of methoxy groups -OCH3 is 2. The number of carbonyl (C=O) groups excluding carboxylic acids is 3. The summed E-state index contributed by atoms with van der Waals surface area (Å²) in [4.78, 5) is 40.1. The summed E-state index contributed by atoms with van der Waals surface area (Å²) in [5.74, 6) is 0.000743. The van der Waals surface area contributed by atoms with Gasteiger partial charge in [-0.1, -0.05) is 30.3 Å². The van der Waals surface area contributed by atoms with E-state index < -0.39 is 29.5 Å². The summed E-state index contributed by atoms with van der Waals surface area (Å²) in [7, 11) is 4.13. The Bertz CT molecular complexity index is 952. The van der Waals surface area contributed by atoms with Crippen LogP contribution in [0.4, 0.5) is 4.79 Å². The number of hydrogen-bond acceptors (Lipinski definition) is 7. The number of likely N-dealkylation sites (N-methyl/N-ethyl adjacent to an activating group) is 1. The Morgan fingerprint density at radius 2 is 1.62 bits per heavy atom. The van der Waals surface area contributed by atoms with Crippen molar-refractivity contribution < 1.29 is 28.6 Å². The Labute approximate surface area is 193 Å². The summed E-state index contributed by atoms with van der Waals surface area (Å²) < 4.78 is 15.3. The van der Waals surface area contributed by atoms with Gasteiger partial charge in [0.25, 0.3) is 0 Å². The molecule has 1 amide bonds. The van der Waals surface area contributed by atoms with Crippen LogP contribution in [0.3, 0.4) is 0 Å². The van der Waals surface area contributed by atoms with Crippen molar-refractivity contribution in [1.29, 1.82) is 0 Å². The van der Waals surface area contributed by atoms with Crippen molar-refractivity contribution in [3.63, 3.8) is 0 Å². The third-order valence-electron chi connectivity index (χ3n) is 4.45. The van der Waals surface area contributed by atoms with Crippen molar-refractivity contribution in [2.24, 2.45) is 0 Å². The van der Waals surface area contributed by atoms with E-state index in [4.69, 9.17) is 14.2 Å². The minimum atomic E-state index is -1.46. The Kier molecular flexibility index (Phi) is 8.72. The zero-order valence-corrected chi connectivity index (χ0v) is 20.0. The molecule has 1 atom stereocenters. The zero-order chi connectivity index (χ0) is 23.9. The molecular weight excluding hydrogens is 430 g/mol. The van der Waals surface area contributed by atoms with E-state index in [1.165, 1.54) is 25.9 Å². The Hall–Kier alpha value is -3.00. The third-order valence-corrected chi connectivity index (χ3v) is 5.59. The van der Waals surface area contributed by atoms with Crippen molar-refractivity contribution in [1.82, 2.24) is 4.90 Å². The van der Waals surface area contributed by atoms with E-state index >= 15 is 0 Å². The monoisotopic (exact) mass is 459 g/mol. The Balaban J connectivity index is 2.27. The second-order valence-corrected chi connectivity index (χ2v) is 9.03. The van der Waals surface area contributed by atoms with Gasteiger partial charge in [-0.25, -0.2) is 9.59 Å². The maximum atomic E-state index is 13.4. The lowest BCUT2D eigenvalue weighted by molar-refractivity contribution is -0.144. The van der Waals surface area contributed by atoms with Gasteiger partial charge in [0.05, 0.1) is 14.2 Å². The maximum Gasteiger partial charge on any atom is 0.411 e. The van der Waals surface area contributed by atoms with E-state index in [0.717, 1.165) is 16.2 Å². The van der Waals surface area contributed by atoms with Crippen LogP contribution < -0.4 is 4.74 Å². The predicted molar refractivity (Wildman–Crippen MR) is 123 cm³/mol. The first-order chi connectivity index (χ1) is 15.1. The van der Waals surface area contributed by atoms with Crippen LogP contribution in [0, 0.1) is 0 Å². The lowest BCUT2D eigenvalue weighted by Crippen LogP contribution is -2.49. The molecule has 0 heterocycles. The van der Waals surface area contributed by atoms with Gasteiger partial charge in [0.15, 0.2) is 11.8 Å². The van der Waals surface area contributed by atoms with E-state index in [-0.39, 0.29) is 0 Å². The molecule has 0 aromatic heterocycles. The number of hydrogen-bond donors (Lipinski definition) is 0. The fourth-order valence-electron chi connectivity index (χ4n) is 2.82. The van der Waals surface area contributed by atoms with Gasteiger partial charge in [-0.3, -0.25) is 9.69 Å². The molecule has 0 aliphatic rings. The average molecular weight is 460 g/mol. The molecule has 0 spiro atoms. The summed E-state index contributed by atoms with van der Waals surface area (Å²) >= 11 is 1.46. The van der Waals surface area contributed by atoms with Gasteiger partial charge < -0.3 is 14.2 Å². The van der Waals surface area contributed by atoms with E-state index in [1.807, 2.05) is 36.4 Å². The van der Waals surface area contributed by atoms with Gasteiger partial charge in [-0.05, 0) is 44.5 Å². The molecule has 2 rings (SSSR count). The highest BCUT2D eigenvalue weighted by molar-refractivity contribution is 7.98. The molecule has 0 fully saturated rings. The van der Waals surface area contributed by atoms with Crippen LogP contribution >= 0.6 is 11.8 Å². The normalized spacial score (nSPS) is 11.9. The minimum absolute atomic E-state index is 0.330. The van der Waals surface area contributed by atoms with Crippen LogP contribution in [0.1, 0.15) is 36.7 Å². The first-order valence-corrected chi connectivity index (χ1v) is 11.0. The molecule has 32 heavy (non-hydrogen) atoms. The lowest BCUT2D eigenvalue weighted by atomic mass is 10.0. The van der Waals surface area contributed by atoms with Gasteiger partial charge in [-0.15, -0.1) is 11.8 Å². The van der Waals surface area contributed by atoms with Crippen LogP contribution in [-0.4, -0.2) is 55.7 Å². The number of rotatable bonds is 8. The van der Waals surface area contributed by atoms with E-state index in [0.29, 0.717) is 16.2 Å². The summed E-state index contributed by atoms with van der Waals surface area (Å²) in [5.41, 5.74) is 0.603. The lowest BCUT2D eigenvalue weighted by Gasteiger charge is -2.28. The van der Waals surface area contributed by atoms with Gasteiger partial charge in [0.1, 0.15) is 11.4 Å². The van der Waals surface area contributed by atoms with Crippen LogP contribution in [0.5, 0.6) is 5.75 Å². The fourth-order valence-corrected chi connectivity index (χ4v) is 3.83. The van der Waals surface area contributed by atoms with E-state index in [1.54, 1.807) is 40.0 Å². The summed E-state index contributed by atoms with van der Waals surface area (Å²) in [6.07, 6.45) is -0.787. The van der Waals surface area contributed by atoms with Gasteiger partial charge in [-0.2, -0.15) is 0 Å². The van der Waals surface area contributed by atoms with Gasteiger partial charge >= 0.3 is 12.1 Å².